The van der Waals surface area contributed by atoms with Crippen molar-refractivity contribution in [1.29, 1.82) is 0 Å². The predicted octanol–water partition coefficient (Wildman–Crippen LogP) is 2.60. The molecule has 0 aliphatic carbocycles. The standard InChI is InChI=1S/C14H13NO2/c16-13(11-5-2-1-3-6-11)9-8-12-14(17)7-4-10-15-12/h1-7,10,17H,8-9H2. The first-order chi connectivity index (χ1) is 8.27. The second kappa shape index (κ2) is 5.25. The smallest absolute Gasteiger partial charge is 0.163 e. The number of aromatic nitrogens is 1. The van der Waals surface area contributed by atoms with Gasteiger partial charge < -0.3 is 5.11 Å². The van der Waals surface area contributed by atoms with Gasteiger partial charge in [-0.1, -0.05) is 30.3 Å². The molecular weight excluding hydrogens is 214 g/mol. The maximum absolute atomic E-state index is 11.8. The Morgan fingerprint density at radius 1 is 1.12 bits per heavy atom. The SMILES string of the molecule is O=C(CCc1ncccc1O)c1ccccc1. The first-order valence-corrected chi connectivity index (χ1v) is 5.48. The van der Waals surface area contributed by atoms with E-state index in [0.29, 0.717) is 24.1 Å². The van der Waals surface area contributed by atoms with Crippen LogP contribution in [0.5, 0.6) is 5.75 Å². The lowest BCUT2D eigenvalue weighted by molar-refractivity contribution is 0.0982. The Morgan fingerprint density at radius 3 is 2.59 bits per heavy atom. The molecule has 1 heterocycles. The molecule has 0 aliphatic heterocycles. The molecular formula is C14H13NO2. The minimum atomic E-state index is 0.0654. The van der Waals surface area contributed by atoms with Crippen molar-refractivity contribution in [3.05, 3.63) is 59.9 Å². The number of Topliss-reactive ketones (excluding diaryl/α,β-unsaturated/α-hetero) is 1. The molecule has 0 unspecified atom stereocenters. The fourth-order valence-corrected chi connectivity index (χ4v) is 1.62. The Bertz CT molecular complexity index is 509. The summed E-state index contributed by atoms with van der Waals surface area (Å²) in [6, 6.07) is 12.4. The van der Waals surface area contributed by atoms with E-state index in [1.165, 1.54) is 0 Å². The molecule has 1 aromatic carbocycles. The molecule has 0 fully saturated rings. The Kier molecular flexibility index (Phi) is 3.50. The number of pyridine rings is 1. The summed E-state index contributed by atoms with van der Waals surface area (Å²) in [6.45, 7) is 0. The highest BCUT2D eigenvalue weighted by atomic mass is 16.3. The van der Waals surface area contributed by atoms with Crippen LogP contribution in [0.4, 0.5) is 0 Å². The Labute approximate surface area is 99.8 Å². The van der Waals surface area contributed by atoms with Crippen LogP contribution in [0.3, 0.4) is 0 Å². The maximum atomic E-state index is 11.8. The molecule has 0 aliphatic rings. The van der Waals surface area contributed by atoms with E-state index in [1.807, 2.05) is 18.2 Å². The number of rotatable bonds is 4. The van der Waals surface area contributed by atoms with Crippen LogP contribution in [0.15, 0.2) is 48.7 Å². The van der Waals surface area contributed by atoms with E-state index in [0.717, 1.165) is 0 Å². The monoisotopic (exact) mass is 227 g/mol. The number of benzene rings is 1. The molecule has 0 spiro atoms. The van der Waals surface area contributed by atoms with Crippen LogP contribution in [0.25, 0.3) is 0 Å². The highest BCUT2D eigenvalue weighted by Gasteiger charge is 2.08. The zero-order valence-electron chi connectivity index (χ0n) is 9.34. The fraction of sp³-hybridized carbons (Fsp3) is 0.143. The predicted molar refractivity (Wildman–Crippen MR) is 65.0 cm³/mol. The van der Waals surface area contributed by atoms with E-state index in [4.69, 9.17) is 0 Å². The Balaban J connectivity index is 2.00. The number of aromatic hydroxyl groups is 1. The van der Waals surface area contributed by atoms with Gasteiger partial charge in [0.2, 0.25) is 0 Å². The highest BCUT2D eigenvalue weighted by molar-refractivity contribution is 5.96. The van der Waals surface area contributed by atoms with Gasteiger partial charge in [0, 0.05) is 24.6 Å². The van der Waals surface area contributed by atoms with Crippen LogP contribution in [0.1, 0.15) is 22.5 Å². The summed E-state index contributed by atoms with van der Waals surface area (Å²) in [7, 11) is 0. The number of carbonyl (C=O) groups is 1. The van der Waals surface area contributed by atoms with Crippen molar-refractivity contribution in [2.24, 2.45) is 0 Å². The minimum Gasteiger partial charge on any atom is -0.506 e. The molecule has 1 N–H and O–H groups in total. The lowest BCUT2D eigenvalue weighted by atomic mass is 10.1. The average Bonchev–Trinajstić information content (AvgIpc) is 2.38. The number of hydrogen-bond donors (Lipinski definition) is 1. The molecule has 3 nitrogen and oxygen atoms in total. The van der Waals surface area contributed by atoms with Gasteiger partial charge in [-0.05, 0) is 12.1 Å². The van der Waals surface area contributed by atoms with Crippen LogP contribution >= 0.6 is 0 Å². The molecule has 2 aromatic rings. The van der Waals surface area contributed by atoms with Crippen molar-refractivity contribution in [1.82, 2.24) is 4.98 Å². The van der Waals surface area contributed by atoms with E-state index in [2.05, 4.69) is 4.98 Å². The molecule has 0 saturated heterocycles. The summed E-state index contributed by atoms with van der Waals surface area (Å²) in [5.41, 5.74) is 1.26. The van der Waals surface area contributed by atoms with Crippen molar-refractivity contribution in [3.63, 3.8) is 0 Å². The third-order valence-corrected chi connectivity index (χ3v) is 2.55. The molecule has 0 radical (unpaired) electrons. The van der Waals surface area contributed by atoms with Gasteiger partial charge in [0.25, 0.3) is 0 Å². The molecule has 2 rings (SSSR count). The van der Waals surface area contributed by atoms with E-state index >= 15 is 0 Å². The number of nitrogens with zero attached hydrogens (tertiary/aromatic N) is 1. The number of carbonyl (C=O) groups excluding carboxylic acids is 1. The van der Waals surface area contributed by atoms with Crippen molar-refractivity contribution in [2.45, 2.75) is 12.8 Å². The van der Waals surface area contributed by atoms with Gasteiger partial charge in [0.15, 0.2) is 5.78 Å². The number of hydrogen-bond acceptors (Lipinski definition) is 3. The van der Waals surface area contributed by atoms with Crippen molar-refractivity contribution >= 4 is 5.78 Å². The first kappa shape index (κ1) is 11.3. The summed E-state index contributed by atoms with van der Waals surface area (Å²) in [6.07, 6.45) is 2.43. The highest BCUT2D eigenvalue weighted by Crippen LogP contribution is 2.15. The van der Waals surface area contributed by atoms with E-state index < -0.39 is 0 Å². The summed E-state index contributed by atoms with van der Waals surface area (Å²) in [5, 5.41) is 9.52. The average molecular weight is 227 g/mol. The van der Waals surface area contributed by atoms with Gasteiger partial charge in [-0.2, -0.15) is 0 Å². The normalized spacial score (nSPS) is 10.1. The molecule has 0 amide bonds. The van der Waals surface area contributed by atoms with Crippen molar-refractivity contribution in [3.8, 4) is 5.75 Å². The molecule has 3 heteroatoms. The molecule has 0 saturated carbocycles. The van der Waals surface area contributed by atoms with Crippen LogP contribution in [0.2, 0.25) is 0 Å². The molecule has 0 bridgehead atoms. The zero-order chi connectivity index (χ0) is 12.1. The summed E-state index contributed by atoms with van der Waals surface area (Å²) >= 11 is 0. The van der Waals surface area contributed by atoms with Gasteiger partial charge in [-0.3, -0.25) is 9.78 Å². The lowest BCUT2D eigenvalue weighted by Gasteiger charge is -2.02. The number of aryl methyl sites for hydroxylation is 1. The summed E-state index contributed by atoms with van der Waals surface area (Å²) < 4.78 is 0. The fourth-order valence-electron chi connectivity index (χ4n) is 1.62. The zero-order valence-corrected chi connectivity index (χ0v) is 9.34. The van der Waals surface area contributed by atoms with E-state index in [-0.39, 0.29) is 11.5 Å². The quantitative estimate of drug-likeness (QED) is 0.817. The first-order valence-electron chi connectivity index (χ1n) is 5.48. The molecule has 86 valence electrons. The van der Waals surface area contributed by atoms with Gasteiger partial charge in [0.05, 0.1) is 5.69 Å². The number of ketones is 1. The topological polar surface area (TPSA) is 50.2 Å². The Morgan fingerprint density at radius 2 is 1.88 bits per heavy atom. The van der Waals surface area contributed by atoms with Crippen LogP contribution < -0.4 is 0 Å². The largest absolute Gasteiger partial charge is 0.506 e. The van der Waals surface area contributed by atoms with Gasteiger partial charge >= 0.3 is 0 Å². The van der Waals surface area contributed by atoms with E-state index in [1.54, 1.807) is 30.5 Å². The third-order valence-electron chi connectivity index (χ3n) is 2.55. The van der Waals surface area contributed by atoms with Gasteiger partial charge in [-0.25, -0.2) is 0 Å². The van der Waals surface area contributed by atoms with E-state index in [9.17, 15) is 9.90 Å². The molecule has 17 heavy (non-hydrogen) atoms. The maximum Gasteiger partial charge on any atom is 0.163 e. The second-order valence-corrected chi connectivity index (χ2v) is 3.76. The minimum absolute atomic E-state index is 0.0654. The lowest BCUT2D eigenvalue weighted by Crippen LogP contribution is -2.02. The van der Waals surface area contributed by atoms with Crippen LogP contribution in [0, 0.1) is 0 Å². The summed E-state index contributed by atoms with van der Waals surface area (Å²) in [4.78, 5) is 15.9. The molecule has 1 aromatic heterocycles. The van der Waals surface area contributed by atoms with Gasteiger partial charge in [0.1, 0.15) is 5.75 Å². The Hall–Kier alpha value is -2.16. The molecule has 0 atom stereocenters. The van der Waals surface area contributed by atoms with Crippen molar-refractivity contribution in [2.75, 3.05) is 0 Å². The van der Waals surface area contributed by atoms with Crippen LogP contribution in [-0.2, 0) is 6.42 Å². The summed E-state index contributed by atoms with van der Waals surface area (Å²) in [5.74, 6) is 0.212. The second-order valence-electron chi connectivity index (χ2n) is 3.76. The third kappa shape index (κ3) is 2.91. The van der Waals surface area contributed by atoms with Crippen LogP contribution in [-0.4, -0.2) is 15.9 Å². The van der Waals surface area contributed by atoms with Gasteiger partial charge in [-0.15, -0.1) is 0 Å². The van der Waals surface area contributed by atoms with Crippen molar-refractivity contribution < 1.29 is 9.90 Å².